The van der Waals surface area contributed by atoms with Crippen molar-refractivity contribution in [3.8, 4) is 0 Å². The molecular weight excluding hydrogens is 220 g/mol. The summed E-state index contributed by atoms with van der Waals surface area (Å²) in [4.78, 5) is 22.8. The van der Waals surface area contributed by atoms with E-state index in [1.807, 2.05) is 0 Å². The lowest BCUT2D eigenvalue weighted by Gasteiger charge is -2.23. The first-order valence-corrected chi connectivity index (χ1v) is 6.45. The number of esters is 1. The van der Waals surface area contributed by atoms with Gasteiger partial charge in [-0.3, -0.25) is 14.9 Å². The van der Waals surface area contributed by atoms with Crippen molar-refractivity contribution in [3.05, 3.63) is 0 Å². The summed E-state index contributed by atoms with van der Waals surface area (Å²) in [5, 5.41) is 5.94. The highest BCUT2D eigenvalue weighted by Gasteiger charge is 2.26. The first-order chi connectivity index (χ1) is 8.25. The molecule has 1 heterocycles. The summed E-state index contributed by atoms with van der Waals surface area (Å²) in [7, 11) is 0. The highest BCUT2D eigenvalue weighted by atomic mass is 16.5. The van der Waals surface area contributed by atoms with Crippen molar-refractivity contribution in [2.24, 2.45) is 0 Å². The minimum atomic E-state index is -0.299. The molecule has 1 saturated carbocycles. The number of hydrogen-bond acceptors (Lipinski definition) is 4. The van der Waals surface area contributed by atoms with Gasteiger partial charge in [0.25, 0.3) is 0 Å². The van der Waals surface area contributed by atoms with Crippen LogP contribution in [0.3, 0.4) is 0 Å². The molecule has 2 fully saturated rings. The number of carbonyl (C=O) groups excluding carboxylic acids is 2. The average molecular weight is 240 g/mol. The van der Waals surface area contributed by atoms with Gasteiger partial charge >= 0.3 is 5.97 Å². The van der Waals surface area contributed by atoms with E-state index < -0.39 is 0 Å². The van der Waals surface area contributed by atoms with Crippen LogP contribution in [-0.2, 0) is 14.3 Å². The smallest absolute Gasteiger partial charge is 0.323 e. The van der Waals surface area contributed by atoms with Crippen molar-refractivity contribution in [1.82, 2.24) is 10.6 Å². The van der Waals surface area contributed by atoms with E-state index in [-0.39, 0.29) is 24.5 Å². The predicted molar refractivity (Wildman–Crippen MR) is 62.4 cm³/mol. The number of hydrogen-bond donors (Lipinski definition) is 2. The van der Waals surface area contributed by atoms with Crippen LogP contribution in [-0.4, -0.2) is 37.1 Å². The first-order valence-electron chi connectivity index (χ1n) is 6.45. The van der Waals surface area contributed by atoms with Crippen LogP contribution in [0.5, 0.6) is 0 Å². The second-order valence-electron chi connectivity index (χ2n) is 4.79. The van der Waals surface area contributed by atoms with Crippen LogP contribution in [0, 0.1) is 0 Å². The highest BCUT2D eigenvalue weighted by molar-refractivity contribution is 5.81. The van der Waals surface area contributed by atoms with Gasteiger partial charge in [-0.25, -0.2) is 0 Å². The normalized spacial score (nSPS) is 25.6. The molecule has 17 heavy (non-hydrogen) atoms. The molecule has 0 radical (unpaired) electrons. The van der Waals surface area contributed by atoms with Crippen molar-refractivity contribution in [3.63, 3.8) is 0 Å². The summed E-state index contributed by atoms with van der Waals surface area (Å²) < 4.78 is 4.81. The molecule has 1 atom stereocenters. The van der Waals surface area contributed by atoms with Gasteiger partial charge in [0.15, 0.2) is 0 Å². The molecule has 1 aliphatic carbocycles. The van der Waals surface area contributed by atoms with E-state index in [1.54, 1.807) is 0 Å². The fourth-order valence-corrected chi connectivity index (χ4v) is 2.42. The topological polar surface area (TPSA) is 67.4 Å². The zero-order valence-corrected chi connectivity index (χ0v) is 10.0. The van der Waals surface area contributed by atoms with E-state index in [4.69, 9.17) is 4.74 Å². The molecule has 2 rings (SSSR count). The lowest BCUT2D eigenvalue weighted by atomic mass is 9.95. The SMILES string of the molecule is O=C(CNC1CCOC1=O)NC1CCCCC1. The second kappa shape index (κ2) is 6.00. The van der Waals surface area contributed by atoms with E-state index in [0.29, 0.717) is 19.1 Å². The van der Waals surface area contributed by atoms with Gasteiger partial charge in [-0.15, -0.1) is 0 Å². The maximum atomic E-state index is 11.6. The van der Waals surface area contributed by atoms with Gasteiger partial charge in [0.2, 0.25) is 5.91 Å². The third-order valence-electron chi connectivity index (χ3n) is 3.41. The van der Waals surface area contributed by atoms with E-state index in [2.05, 4.69) is 10.6 Å². The Kier molecular flexibility index (Phi) is 4.36. The fourth-order valence-electron chi connectivity index (χ4n) is 2.42. The lowest BCUT2D eigenvalue weighted by molar-refractivity contribution is -0.139. The van der Waals surface area contributed by atoms with E-state index in [9.17, 15) is 9.59 Å². The molecule has 0 aromatic heterocycles. The highest BCUT2D eigenvalue weighted by Crippen LogP contribution is 2.17. The molecule has 0 aromatic carbocycles. The Balaban J connectivity index is 1.64. The van der Waals surface area contributed by atoms with E-state index in [1.165, 1.54) is 19.3 Å². The minimum Gasteiger partial charge on any atom is -0.464 e. The Labute approximate surface area is 101 Å². The Bertz CT molecular complexity index is 287. The zero-order valence-electron chi connectivity index (χ0n) is 10.0. The Morgan fingerprint density at radius 1 is 1.24 bits per heavy atom. The molecule has 0 aromatic rings. The molecule has 1 aliphatic heterocycles. The van der Waals surface area contributed by atoms with Crippen molar-refractivity contribution >= 4 is 11.9 Å². The van der Waals surface area contributed by atoms with E-state index >= 15 is 0 Å². The van der Waals surface area contributed by atoms with Crippen molar-refractivity contribution < 1.29 is 14.3 Å². The molecule has 2 N–H and O–H groups in total. The summed E-state index contributed by atoms with van der Waals surface area (Å²) in [6.45, 7) is 0.664. The molecule has 2 aliphatic rings. The molecule has 1 saturated heterocycles. The third kappa shape index (κ3) is 3.70. The number of carbonyl (C=O) groups is 2. The fraction of sp³-hybridized carbons (Fsp3) is 0.833. The van der Waals surface area contributed by atoms with Crippen LogP contribution < -0.4 is 10.6 Å². The molecule has 1 unspecified atom stereocenters. The largest absolute Gasteiger partial charge is 0.464 e. The molecular formula is C12H20N2O3. The quantitative estimate of drug-likeness (QED) is 0.695. The van der Waals surface area contributed by atoms with Crippen molar-refractivity contribution in [2.45, 2.75) is 50.6 Å². The van der Waals surface area contributed by atoms with Crippen LogP contribution in [0.15, 0.2) is 0 Å². The summed E-state index contributed by atoms with van der Waals surface area (Å²) in [5.41, 5.74) is 0. The Morgan fingerprint density at radius 2 is 2.00 bits per heavy atom. The molecule has 96 valence electrons. The maximum Gasteiger partial charge on any atom is 0.323 e. The zero-order chi connectivity index (χ0) is 12.1. The van der Waals surface area contributed by atoms with Crippen LogP contribution in [0.25, 0.3) is 0 Å². The number of cyclic esters (lactones) is 1. The summed E-state index contributed by atoms with van der Waals surface area (Å²) >= 11 is 0. The second-order valence-corrected chi connectivity index (χ2v) is 4.79. The lowest BCUT2D eigenvalue weighted by Crippen LogP contribution is -2.44. The average Bonchev–Trinajstić information content (AvgIpc) is 2.74. The Morgan fingerprint density at radius 3 is 2.65 bits per heavy atom. The molecule has 0 bridgehead atoms. The van der Waals surface area contributed by atoms with Gasteiger partial charge in [0.1, 0.15) is 6.04 Å². The van der Waals surface area contributed by atoms with Crippen LogP contribution >= 0.6 is 0 Å². The van der Waals surface area contributed by atoms with Crippen LogP contribution in [0.2, 0.25) is 0 Å². The number of ether oxygens (including phenoxy) is 1. The van der Waals surface area contributed by atoms with Crippen molar-refractivity contribution in [1.29, 1.82) is 0 Å². The minimum absolute atomic E-state index is 0.0170. The number of nitrogens with one attached hydrogen (secondary N) is 2. The first kappa shape index (κ1) is 12.4. The molecule has 1 amide bonds. The Hall–Kier alpha value is -1.10. The van der Waals surface area contributed by atoms with Crippen LogP contribution in [0.4, 0.5) is 0 Å². The standard InChI is InChI=1S/C12H20N2O3/c15-11(14-9-4-2-1-3-5-9)8-13-10-6-7-17-12(10)16/h9-10,13H,1-8H2,(H,14,15). The van der Waals surface area contributed by atoms with Gasteiger partial charge in [-0.1, -0.05) is 19.3 Å². The van der Waals surface area contributed by atoms with E-state index in [0.717, 1.165) is 12.8 Å². The molecule has 5 nitrogen and oxygen atoms in total. The van der Waals surface area contributed by atoms with Gasteiger partial charge in [-0.2, -0.15) is 0 Å². The van der Waals surface area contributed by atoms with Crippen LogP contribution in [0.1, 0.15) is 38.5 Å². The predicted octanol–water partition coefficient (Wildman–Crippen LogP) is 0.340. The number of amides is 1. The molecule has 0 spiro atoms. The summed E-state index contributed by atoms with van der Waals surface area (Å²) in [5.74, 6) is -0.257. The van der Waals surface area contributed by atoms with Gasteiger partial charge < -0.3 is 10.1 Å². The van der Waals surface area contributed by atoms with Gasteiger partial charge in [-0.05, 0) is 12.8 Å². The number of rotatable bonds is 4. The third-order valence-corrected chi connectivity index (χ3v) is 3.41. The monoisotopic (exact) mass is 240 g/mol. The van der Waals surface area contributed by atoms with Crippen molar-refractivity contribution in [2.75, 3.05) is 13.2 Å². The molecule has 5 heteroatoms. The summed E-state index contributed by atoms with van der Waals surface area (Å²) in [6.07, 6.45) is 6.50. The van der Waals surface area contributed by atoms with Gasteiger partial charge in [0, 0.05) is 12.5 Å². The summed E-state index contributed by atoms with van der Waals surface area (Å²) in [6, 6.07) is 0.0284. The maximum absolute atomic E-state index is 11.6. The van der Waals surface area contributed by atoms with Gasteiger partial charge in [0.05, 0.1) is 13.2 Å².